The largest absolute Gasteiger partial charge is 0.359 e. The highest BCUT2D eigenvalue weighted by Crippen LogP contribution is 2.27. The summed E-state index contributed by atoms with van der Waals surface area (Å²) >= 11 is 0. The number of hydrogen-bond donors (Lipinski definition) is 2. The topological polar surface area (TPSA) is 41.1 Å². The van der Waals surface area contributed by atoms with E-state index in [1.165, 1.54) is 32.1 Å². The number of rotatable bonds is 5. The van der Waals surface area contributed by atoms with Gasteiger partial charge >= 0.3 is 0 Å². The molecule has 17 heavy (non-hydrogen) atoms. The van der Waals surface area contributed by atoms with Crippen molar-refractivity contribution in [1.82, 2.24) is 10.6 Å². The third-order valence-electron chi connectivity index (χ3n) is 4.10. The van der Waals surface area contributed by atoms with E-state index in [4.69, 9.17) is 0 Å². The minimum absolute atomic E-state index is 0.118. The van der Waals surface area contributed by atoms with Crippen molar-refractivity contribution in [3.05, 3.63) is 0 Å². The predicted octanol–water partition coefficient (Wildman–Crippen LogP) is 2.32. The summed E-state index contributed by atoms with van der Waals surface area (Å²) in [7, 11) is 1.70. The highest BCUT2D eigenvalue weighted by atomic mass is 16.2. The molecule has 0 heterocycles. The van der Waals surface area contributed by atoms with E-state index in [-0.39, 0.29) is 11.3 Å². The summed E-state index contributed by atoms with van der Waals surface area (Å²) < 4.78 is 0. The van der Waals surface area contributed by atoms with Gasteiger partial charge in [-0.05, 0) is 45.4 Å². The van der Waals surface area contributed by atoms with Gasteiger partial charge in [0.2, 0.25) is 5.91 Å². The molecule has 0 bridgehead atoms. The van der Waals surface area contributed by atoms with Crippen LogP contribution in [-0.2, 0) is 4.79 Å². The molecule has 0 aromatic heterocycles. The van der Waals surface area contributed by atoms with Gasteiger partial charge in [-0.25, -0.2) is 0 Å². The van der Waals surface area contributed by atoms with Crippen molar-refractivity contribution in [2.45, 2.75) is 58.9 Å². The zero-order valence-electron chi connectivity index (χ0n) is 11.8. The Morgan fingerprint density at radius 3 is 2.29 bits per heavy atom. The fourth-order valence-electron chi connectivity index (χ4n) is 2.59. The standard InChI is InChI=1S/C14H28N2O/c1-5-11-6-8-12(9-7-11)16-10-14(2,3)13(17)15-4/h11-12,16H,5-10H2,1-4H3,(H,15,17). The van der Waals surface area contributed by atoms with Crippen LogP contribution in [-0.4, -0.2) is 25.5 Å². The predicted molar refractivity (Wildman–Crippen MR) is 71.9 cm³/mol. The molecule has 0 aromatic rings. The van der Waals surface area contributed by atoms with Crippen molar-refractivity contribution < 1.29 is 4.79 Å². The van der Waals surface area contributed by atoms with Gasteiger partial charge in [-0.3, -0.25) is 4.79 Å². The Bertz CT molecular complexity index is 243. The Balaban J connectivity index is 2.30. The molecule has 3 heteroatoms. The molecule has 0 radical (unpaired) electrons. The lowest BCUT2D eigenvalue weighted by Crippen LogP contribution is -2.45. The molecule has 0 unspecified atom stereocenters. The SMILES string of the molecule is CCC1CCC(NCC(C)(C)C(=O)NC)CC1. The van der Waals surface area contributed by atoms with E-state index in [0.717, 1.165) is 12.5 Å². The molecule has 1 amide bonds. The average molecular weight is 240 g/mol. The molecular weight excluding hydrogens is 212 g/mol. The summed E-state index contributed by atoms with van der Waals surface area (Å²) in [5, 5.41) is 6.29. The lowest BCUT2D eigenvalue weighted by atomic mass is 9.84. The molecule has 0 saturated heterocycles. The smallest absolute Gasteiger partial charge is 0.226 e. The maximum absolute atomic E-state index is 11.7. The summed E-state index contributed by atoms with van der Waals surface area (Å²) in [6, 6.07) is 0.613. The van der Waals surface area contributed by atoms with Crippen molar-refractivity contribution in [3.63, 3.8) is 0 Å². The molecule has 0 atom stereocenters. The fraction of sp³-hybridized carbons (Fsp3) is 0.929. The van der Waals surface area contributed by atoms with Crippen LogP contribution in [0.25, 0.3) is 0 Å². The van der Waals surface area contributed by atoms with Crippen LogP contribution >= 0.6 is 0 Å². The lowest BCUT2D eigenvalue weighted by Gasteiger charge is -2.31. The Kier molecular flexibility index (Phi) is 5.44. The van der Waals surface area contributed by atoms with Crippen molar-refractivity contribution in [1.29, 1.82) is 0 Å². The maximum atomic E-state index is 11.7. The molecule has 1 aliphatic rings. The van der Waals surface area contributed by atoms with Crippen molar-refractivity contribution in [3.8, 4) is 0 Å². The molecule has 100 valence electrons. The minimum atomic E-state index is -0.309. The van der Waals surface area contributed by atoms with Crippen LogP contribution in [0.2, 0.25) is 0 Å². The summed E-state index contributed by atoms with van der Waals surface area (Å²) in [5.74, 6) is 1.05. The second-order valence-electron chi connectivity index (χ2n) is 5.97. The maximum Gasteiger partial charge on any atom is 0.226 e. The van der Waals surface area contributed by atoms with Crippen molar-refractivity contribution in [2.24, 2.45) is 11.3 Å². The molecule has 3 nitrogen and oxygen atoms in total. The minimum Gasteiger partial charge on any atom is -0.359 e. The normalized spacial score (nSPS) is 25.6. The summed E-state index contributed by atoms with van der Waals surface area (Å²) in [4.78, 5) is 11.7. The second kappa shape index (κ2) is 6.39. The number of amides is 1. The van der Waals surface area contributed by atoms with E-state index in [1.54, 1.807) is 7.05 Å². The summed E-state index contributed by atoms with van der Waals surface area (Å²) in [5.41, 5.74) is -0.309. The van der Waals surface area contributed by atoms with Gasteiger partial charge in [-0.2, -0.15) is 0 Å². The molecule has 0 aliphatic heterocycles. The van der Waals surface area contributed by atoms with Gasteiger partial charge < -0.3 is 10.6 Å². The molecule has 1 fully saturated rings. The summed E-state index contributed by atoms with van der Waals surface area (Å²) in [6.07, 6.45) is 6.53. The number of hydrogen-bond acceptors (Lipinski definition) is 2. The molecule has 0 aromatic carbocycles. The van der Waals surface area contributed by atoms with Gasteiger partial charge in [-0.15, -0.1) is 0 Å². The van der Waals surface area contributed by atoms with Crippen LogP contribution < -0.4 is 10.6 Å². The number of carbonyl (C=O) groups is 1. The van der Waals surface area contributed by atoms with Crippen LogP contribution in [0.4, 0.5) is 0 Å². The fourth-order valence-corrected chi connectivity index (χ4v) is 2.59. The van der Waals surface area contributed by atoms with Gasteiger partial charge in [0.25, 0.3) is 0 Å². The quantitative estimate of drug-likeness (QED) is 0.774. The second-order valence-corrected chi connectivity index (χ2v) is 5.97. The van der Waals surface area contributed by atoms with Gasteiger partial charge in [0.15, 0.2) is 0 Å². The zero-order chi connectivity index (χ0) is 12.9. The third kappa shape index (κ3) is 4.30. The van der Waals surface area contributed by atoms with E-state index in [9.17, 15) is 4.79 Å². The van der Waals surface area contributed by atoms with Crippen LogP contribution in [0.5, 0.6) is 0 Å². The first-order chi connectivity index (χ1) is 7.99. The monoisotopic (exact) mass is 240 g/mol. The van der Waals surface area contributed by atoms with Crippen molar-refractivity contribution >= 4 is 5.91 Å². The Labute approximate surface area is 106 Å². The van der Waals surface area contributed by atoms with E-state index >= 15 is 0 Å². The molecular formula is C14H28N2O. The van der Waals surface area contributed by atoms with E-state index < -0.39 is 0 Å². The van der Waals surface area contributed by atoms with Gasteiger partial charge in [0, 0.05) is 19.6 Å². The Hall–Kier alpha value is -0.570. The van der Waals surface area contributed by atoms with Crippen molar-refractivity contribution in [2.75, 3.05) is 13.6 Å². The Morgan fingerprint density at radius 2 is 1.82 bits per heavy atom. The van der Waals surface area contributed by atoms with Crippen LogP contribution in [0, 0.1) is 11.3 Å². The highest BCUT2D eigenvalue weighted by molar-refractivity contribution is 5.81. The first-order valence-corrected chi connectivity index (χ1v) is 6.95. The average Bonchev–Trinajstić information content (AvgIpc) is 2.36. The van der Waals surface area contributed by atoms with E-state index in [1.807, 2.05) is 13.8 Å². The van der Waals surface area contributed by atoms with Crippen LogP contribution in [0.15, 0.2) is 0 Å². The molecule has 2 N–H and O–H groups in total. The molecule has 1 saturated carbocycles. The van der Waals surface area contributed by atoms with Gasteiger partial charge in [-0.1, -0.05) is 13.3 Å². The Morgan fingerprint density at radius 1 is 1.24 bits per heavy atom. The third-order valence-corrected chi connectivity index (χ3v) is 4.10. The number of nitrogens with one attached hydrogen (secondary N) is 2. The molecule has 1 rings (SSSR count). The first-order valence-electron chi connectivity index (χ1n) is 6.95. The van der Waals surface area contributed by atoms with E-state index in [0.29, 0.717) is 6.04 Å². The molecule has 1 aliphatic carbocycles. The van der Waals surface area contributed by atoms with E-state index in [2.05, 4.69) is 17.6 Å². The van der Waals surface area contributed by atoms with Crippen LogP contribution in [0.1, 0.15) is 52.9 Å². The highest BCUT2D eigenvalue weighted by Gasteiger charge is 2.28. The molecule has 0 spiro atoms. The lowest BCUT2D eigenvalue weighted by molar-refractivity contribution is -0.128. The zero-order valence-corrected chi connectivity index (χ0v) is 11.8. The van der Waals surface area contributed by atoms with Crippen LogP contribution in [0.3, 0.4) is 0 Å². The van der Waals surface area contributed by atoms with Gasteiger partial charge in [0.05, 0.1) is 5.41 Å². The number of carbonyl (C=O) groups excluding carboxylic acids is 1. The summed E-state index contributed by atoms with van der Waals surface area (Å²) in [6.45, 7) is 7.05. The van der Waals surface area contributed by atoms with Gasteiger partial charge in [0.1, 0.15) is 0 Å². The first kappa shape index (κ1) is 14.5.